The van der Waals surface area contributed by atoms with Crippen LogP contribution in [0.15, 0.2) is 24.4 Å². The topological polar surface area (TPSA) is 27.7 Å². The van der Waals surface area contributed by atoms with Crippen molar-refractivity contribution in [3.05, 3.63) is 24.4 Å². The maximum atomic E-state index is 5.73. The Morgan fingerprint density at radius 1 is 0.889 bits per heavy atom. The normalized spacial score (nSPS) is 12.2. The first-order valence-corrected chi connectivity index (χ1v) is 8.75. The van der Waals surface area contributed by atoms with Gasteiger partial charge < -0.3 is 13.3 Å². The lowest BCUT2D eigenvalue weighted by Gasteiger charge is -2.25. The van der Waals surface area contributed by atoms with Gasteiger partial charge in [-0.15, -0.1) is 6.58 Å². The average Bonchev–Trinajstić information content (AvgIpc) is 2.35. The summed E-state index contributed by atoms with van der Waals surface area (Å²) in [5.74, 6) is 0. The predicted octanol–water partition coefficient (Wildman–Crippen LogP) is 3.88. The zero-order valence-corrected chi connectivity index (χ0v) is 13.1. The summed E-state index contributed by atoms with van der Waals surface area (Å²) in [6, 6.07) is 0. The molecule has 18 heavy (non-hydrogen) atoms. The van der Waals surface area contributed by atoms with E-state index < -0.39 is 8.80 Å². The van der Waals surface area contributed by atoms with E-state index in [0.29, 0.717) is 19.8 Å². The van der Waals surface area contributed by atoms with Gasteiger partial charge in [-0.25, -0.2) is 0 Å². The van der Waals surface area contributed by atoms with Crippen LogP contribution >= 0.6 is 0 Å². The van der Waals surface area contributed by atoms with Crippen LogP contribution < -0.4 is 0 Å². The molecule has 0 N–H and O–H groups in total. The van der Waals surface area contributed by atoms with Gasteiger partial charge in [0.15, 0.2) is 0 Å². The summed E-state index contributed by atoms with van der Waals surface area (Å²) in [4.78, 5) is 0. The van der Waals surface area contributed by atoms with Crippen LogP contribution in [0.4, 0.5) is 0 Å². The standard InChI is InChI=1S/C14H28O3Si/c1-5-9-10-11-12-13-14-18(15-6-2,16-7-3)17-8-4/h5,13-14H,1,6-12H2,2-4H3/b14-13+. The second-order valence-electron chi connectivity index (χ2n) is 3.88. The van der Waals surface area contributed by atoms with Gasteiger partial charge in [-0.3, -0.25) is 0 Å². The lowest BCUT2D eigenvalue weighted by molar-refractivity contribution is 0.0842. The Morgan fingerprint density at radius 2 is 1.39 bits per heavy atom. The highest BCUT2D eigenvalue weighted by atomic mass is 28.4. The molecule has 0 rings (SSSR count). The molecule has 4 heteroatoms. The molecule has 106 valence electrons. The van der Waals surface area contributed by atoms with Crippen LogP contribution in [0.2, 0.25) is 0 Å². The van der Waals surface area contributed by atoms with Gasteiger partial charge in [0, 0.05) is 19.8 Å². The van der Waals surface area contributed by atoms with Crippen molar-refractivity contribution in [1.82, 2.24) is 0 Å². The molecule has 0 heterocycles. The van der Waals surface area contributed by atoms with E-state index in [9.17, 15) is 0 Å². The predicted molar refractivity (Wildman–Crippen MR) is 78.4 cm³/mol. The van der Waals surface area contributed by atoms with Gasteiger partial charge in [0.25, 0.3) is 0 Å². The summed E-state index contributed by atoms with van der Waals surface area (Å²) in [5, 5.41) is 0. The molecule has 0 amide bonds. The molecule has 0 aromatic heterocycles. The van der Waals surface area contributed by atoms with Crippen molar-refractivity contribution < 1.29 is 13.3 Å². The van der Waals surface area contributed by atoms with E-state index in [4.69, 9.17) is 13.3 Å². The van der Waals surface area contributed by atoms with E-state index in [-0.39, 0.29) is 0 Å². The Morgan fingerprint density at radius 3 is 1.83 bits per heavy atom. The Kier molecular flexibility index (Phi) is 11.4. The first kappa shape index (κ1) is 17.6. The van der Waals surface area contributed by atoms with Crippen molar-refractivity contribution in [3.63, 3.8) is 0 Å². The van der Waals surface area contributed by atoms with Gasteiger partial charge >= 0.3 is 8.80 Å². The van der Waals surface area contributed by atoms with Crippen molar-refractivity contribution in [1.29, 1.82) is 0 Å². The van der Waals surface area contributed by atoms with Crippen LogP contribution in [0, 0.1) is 0 Å². The molecule has 0 unspecified atom stereocenters. The zero-order chi connectivity index (χ0) is 13.7. The fraction of sp³-hybridized carbons (Fsp3) is 0.714. The molecule has 0 aromatic rings. The Bertz CT molecular complexity index is 212. The molecular weight excluding hydrogens is 244 g/mol. The fourth-order valence-electron chi connectivity index (χ4n) is 1.65. The van der Waals surface area contributed by atoms with Crippen LogP contribution in [0.5, 0.6) is 0 Å². The monoisotopic (exact) mass is 272 g/mol. The molecular formula is C14H28O3Si. The van der Waals surface area contributed by atoms with Crippen molar-refractivity contribution in [3.8, 4) is 0 Å². The maximum Gasteiger partial charge on any atom is 0.529 e. The maximum absolute atomic E-state index is 5.73. The van der Waals surface area contributed by atoms with Gasteiger partial charge in [-0.1, -0.05) is 12.2 Å². The van der Waals surface area contributed by atoms with E-state index >= 15 is 0 Å². The van der Waals surface area contributed by atoms with Crippen LogP contribution in [0.3, 0.4) is 0 Å². The molecule has 0 spiro atoms. The molecule has 0 aliphatic carbocycles. The smallest absolute Gasteiger partial charge is 0.371 e. The number of unbranched alkanes of at least 4 members (excludes halogenated alkanes) is 3. The Hall–Kier alpha value is -0.423. The lowest BCUT2D eigenvalue weighted by atomic mass is 10.2. The third-order valence-corrected chi connectivity index (χ3v) is 5.10. The molecule has 0 aliphatic rings. The lowest BCUT2D eigenvalue weighted by Crippen LogP contribution is -2.44. The number of rotatable bonds is 12. The number of allylic oxidation sites excluding steroid dienone is 2. The second kappa shape index (κ2) is 11.7. The minimum atomic E-state index is -2.56. The van der Waals surface area contributed by atoms with E-state index in [0.717, 1.165) is 19.3 Å². The Labute approximate surface area is 113 Å². The molecule has 0 aromatic carbocycles. The number of hydrogen-bond acceptors (Lipinski definition) is 3. The van der Waals surface area contributed by atoms with E-state index in [1.807, 2.05) is 32.5 Å². The molecule has 0 bridgehead atoms. The highest BCUT2D eigenvalue weighted by Crippen LogP contribution is 2.13. The second-order valence-corrected chi connectivity index (χ2v) is 6.28. The largest absolute Gasteiger partial charge is 0.529 e. The van der Waals surface area contributed by atoms with Crippen molar-refractivity contribution in [2.45, 2.75) is 46.5 Å². The van der Waals surface area contributed by atoms with Crippen molar-refractivity contribution in [2.75, 3.05) is 19.8 Å². The van der Waals surface area contributed by atoms with Gasteiger partial charge in [-0.05, 0) is 52.2 Å². The SMILES string of the molecule is C=CCCCC/C=C/[Si](OCC)(OCC)OCC. The summed E-state index contributed by atoms with van der Waals surface area (Å²) >= 11 is 0. The van der Waals surface area contributed by atoms with Crippen LogP contribution in [-0.4, -0.2) is 28.6 Å². The first-order chi connectivity index (χ1) is 8.74. The van der Waals surface area contributed by atoms with Crippen molar-refractivity contribution in [2.24, 2.45) is 0 Å². The highest BCUT2D eigenvalue weighted by molar-refractivity contribution is 6.66. The average molecular weight is 272 g/mol. The molecule has 0 radical (unpaired) electrons. The van der Waals surface area contributed by atoms with Gasteiger partial charge in [0.05, 0.1) is 0 Å². The fourth-order valence-corrected chi connectivity index (χ4v) is 3.85. The first-order valence-electron chi connectivity index (χ1n) is 6.95. The minimum absolute atomic E-state index is 0.618. The van der Waals surface area contributed by atoms with E-state index in [1.165, 1.54) is 6.42 Å². The number of hydrogen-bond donors (Lipinski definition) is 0. The molecule has 0 aliphatic heterocycles. The minimum Gasteiger partial charge on any atom is -0.371 e. The summed E-state index contributed by atoms with van der Waals surface area (Å²) in [6.07, 6.45) is 8.56. The molecule has 3 nitrogen and oxygen atoms in total. The molecule has 0 saturated carbocycles. The summed E-state index contributed by atoms with van der Waals surface area (Å²) < 4.78 is 17.2. The molecule has 0 saturated heterocycles. The summed E-state index contributed by atoms with van der Waals surface area (Å²) in [7, 11) is -2.56. The zero-order valence-electron chi connectivity index (χ0n) is 12.1. The van der Waals surface area contributed by atoms with Gasteiger partial charge in [0.2, 0.25) is 0 Å². The van der Waals surface area contributed by atoms with Gasteiger partial charge in [-0.2, -0.15) is 0 Å². The third-order valence-electron chi connectivity index (χ3n) is 2.39. The van der Waals surface area contributed by atoms with Crippen LogP contribution in [-0.2, 0) is 13.3 Å². The van der Waals surface area contributed by atoms with Crippen molar-refractivity contribution >= 4 is 8.80 Å². The van der Waals surface area contributed by atoms with E-state index in [1.54, 1.807) is 0 Å². The third kappa shape index (κ3) is 7.82. The summed E-state index contributed by atoms with van der Waals surface area (Å²) in [5.41, 5.74) is 2.03. The summed E-state index contributed by atoms with van der Waals surface area (Å²) in [6.45, 7) is 11.5. The van der Waals surface area contributed by atoms with Crippen LogP contribution in [0.1, 0.15) is 46.5 Å². The quantitative estimate of drug-likeness (QED) is 0.306. The molecule has 0 atom stereocenters. The molecule has 0 fully saturated rings. The highest BCUT2D eigenvalue weighted by Gasteiger charge is 2.37. The van der Waals surface area contributed by atoms with Crippen LogP contribution in [0.25, 0.3) is 0 Å². The van der Waals surface area contributed by atoms with E-state index in [2.05, 4.69) is 12.7 Å². The van der Waals surface area contributed by atoms with Gasteiger partial charge in [0.1, 0.15) is 0 Å². The Balaban J connectivity index is 4.26.